The number of fused-ring (bicyclic) bond motifs is 1. The van der Waals surface area contributed by atoms with E-state index < -0.39 is 12.0 Å². The number of nitrogens with zero attached hydrogens (tertiary/aromatic N) is 4. The predicted octanol–water partition coefficient (Wildman–Crippen LogP) is 2.13. The fourth-order valence-corrected chi connectivity index (χ4v) is 3.37. The summed E-state index contributed by atoms with van der Waals surface area (Å²) in [4.78, 5) is 28.5. The molecule has 1 amide bonds. The molecule has 30 heavy (non-hydrogen) atoms. The Morgan fingerprint density at radius 1 is 1.37 bits per heavy atom. The van der Waals surface area contributed by atoms with Crippen LogP contribution in [0, 0.1) is 11.3 Å². The van der Waals surface area contributed by atoms with E-state index in [1.165, 1.54) is 17.7 Å². The molecule has 0 aliphatic heterocycles. The summed E-state index contributed by atoms with van der Waals surface area (Å²) in [5, 5.41) is 24.5. The van der Waals surface area contributed by atoms with Gasteiger partial charge in [-0.2, -0.15) is 5.26 Å². The molecule has 0 aliphatic rings. The Morgan fingerprint density at radius 2 is 2.10 bits per heavy atom. The average Bonchev–Trinajstić information content (AvgIpc) is 2.95. The molecule has 0 aliphatic carbocycles. The zero-order valence-corrected chi connectivity index (χ0v) is 17.5. The monoisotopic (exact) mass is 428 g/mol. The second kappa shape index (κ2) is 8.57. The Bertz CT molecular complexity index is 1220. The van der Waals surface area contributed by atoms with Gasteiger partial charge < -0.3 is 15.7 Å². The fraction of sp³-hybridized carbons (Fsp3) is 0.300. The number of anilines is 2. The van der Waals surface area contributed by atoms with Crippen molar-refractivity contribution in [2.24, 2.45) is 7.05 Å². The van der Waals surface area contributed by atoms with E-state index in [9.17, 15) is 20.0 Å². The summed E-state index contributed by atoms with van der Waals surface area (Å²) in [5.74, 6) is -0.435. The molecule has 156 valence electrons. The standard InChI is InChI=1S/C20H21ClN6O3/c1-11(28)6-7-27-17-8-12(4-5-16(17)26(3)20(27)30)24-14-9-15(19(29)23-2)25-18(21)13(14)10-22/h4-5,8-9,11,28H,6-7H2,1-3H3,(H,23,29)(H,24,25). The van der Waals surface area contributed by atoms with E-state index >= 15 is 0 Å². The zero-order valence-electron chi connectivity index (χ0n) is 16.7. The average molecular weight is 429 g/mol. The lowest BCUT2D eigenvalue weighted by atomic mass is 10.2. The topological polar surface area (TPSA) is 125 Å². The number of imidazole rings is 1. The summed E-state index contributed by atoms with van der Waals surface area (Å²) < 4.78 is 3.13. The molecule has 0 radical (unpaired) electrons. The molecule has 0 fully saturated rings. The van der Waals surface area contributed by atoms with E-state index in [4.69, 9.17) is 11.6 Å². The first-order valence-electron chi connectivity index (χ1n) is 9.24. The van der Waals surface area contributed by atoms with Crippen LogP contribution < -0.4 is 16.3 Å². The van der Waals surface area contributed by atoms with Gasteiger partial charge in [0.15, 0.2) is 0 Å². The molecule has 2 aromatic heterocycles. The van der Waals surface area contributed by atoms with E-state index in [1.807, 2.05) is 6.07 Å². The Hall–Kier alpha value is -3.35. The van der Waals surface area contributed by atoms with Gasteiger partial charge in [0, 0.05) is 26.3 Å². The zero-order chi connectivity index (χ0) is 22.0. The molecule has 1 unspecified atom stereocenters. The molecule has 0 bridgehead atoms. The van der Waals surface area contributed by atoms with Crippen molar-refractivity contribution in [3.63, 3.8) is 0 Å². The van der Waals surface area contributed by atoms with Crippen molar-refractivity contribution in [1.82, 2.24) is 19.4 Å². The Kier molecular flexibility index (Phi) is 6.10. The number of carbonyl (C=O) groups is 1. The largest absolute Gasteiger partial charge is 0.393 e. The molecule has 9 nitrogen and oxygen atoms in total. The van der Waals surface area contributed by atoms with Crippen molar-refractivity contribution in [2.75, 3.05) is 12.4 Å². The highest BCUT2D eigenvalue weighted by Gasteiger charge is 2.17. The Labute approximate surface area is 177 Å². The molecular weight excluding hydrogens is 408 g/mol. The third-order valence-electron chi connectivity index (χ3n) is 4.74. The van der Waals surface area contributed by atoms with Gasteiger partial charge in [-0.05, 0) is 37.6 Å². The molecule has 0 saturated carbocycles. The number of rotatable bonds is 6. The molecule has 0 spiro atoms. The van der Waals surface area contributed by atoms with E-state index in [1.54, 1.807) is 36.7 Å². The second-order valence-electron chi connectivity index (χ2n) is 6.87. The number of aliphatic hydroxyl groups is 1. The van der Waals surface area contributed by atoms with Crippen molar-refractivity contribution in [3.8, 4) is 6.07 Å². The van der Waals surface area contributed by atoms with Crippen LogP contribution >= 0.6 is 11.6 Å². The van der Waals surface area contributed by atoms with Crippen LogP contribution in [0.2, 0.25) is 5.15 Å². The summed E-state index contributed by atoms with van der Waals surface area (Å²) in [6.45, 7) is 2.03. The maximum Gasteiger partial charge on any atom is 0.328 e. The van der Waals surface area contributed by atoms with Crippen molar-refractivity contribution < 1.29 is 9.90 Å². The van der Waals surface area contributed by atoms with Gasteiger partial charge in [-0.15, -0.1) is 0 Å². The normalized spacial score (nSPS) is 11.9. The van der Waals surface area contributed by atoms with Gasteiger partial charge in [0.2, 0.25) is 0 Å². The summed E-state index contributed by atoms with van der Waals surface area (Å²) in [7, 11) is 3.15. The number of nitriles is 1. The number of amides is 1. The van der Waals surface area contributed by atoms with Gasteiger partial charge in [-0.1, -0.05) is 11.6 Å². The summed E-state index contributed by atoms with van der Waals surface area (Å²) in [6, 6.07) is 8.75. The van der Waals surface area contributed by atoms with Crippen LogP contribution in [0.15, 0.2) is 29.1 Å². The first-order chi connectivity index (χ1) is 14.3. The lowest BCUT2D eigenvalue weighted by Gasteiger charge is -2.12. The van der Waals surface area contributed by atoms with Crippen LogP contribution in [0.5, 0.6) is 0 Å². The minimum absolute atomic E-state index is 0.0682. The Morgan fingerprint density at radius 3 is 2.73 bits per heavy atom. The quantitative estimate of drug-likeness (QED) is 0.516. The fourth-order valence-electron chi connectivity index (χ4n) is 3.14. The number of aromatic nitrogens is 3. The molecule has 3 aromatic rings. The number of carbonyl (C=O) groups excluding carboxylic acids is 1. The molecule has 1 atom stereocenters. The number of hydrogen-bond donors (Lipinski definition) is 3. The number of aliphatic hydroxyl groups excluding tert-OH is 1. The van der Waals surface area contributed by atoms with Crippen LogP contribution in [-0.4, -0.2) is 38.3 Å². The minimum atomic E-state index is -0.534. The maximum atomic E-state index is 12.6. The first-order valence-corrected chi connectivity index (χ1v) is 9.61. The number of pyridine rings is 1. The number of benzene rings is 1. The molecule has 2 heterocycles. The van der Waals surface area contributed by atoms with E-state index in [0.29, 0.717) is 29.9 Å². The summed E-state index contributed by atoms with van der Waals surface area (Å²) in [6.07, 6.45) is -0.0983. The van der Waals surface area contributed by atoms with Crippen LogP contribution in [0.25, 0.3) is 11.0 Å². The van der Waals surface area contributed by atoms with Crippen LogP contribution in [0.4, 0.5) is 11.4 Å². The third-order valence-corrected chi connectivity index (χ3v) is 5.02. The second-order valence-corrected chi connectivity index (χ2v) is 7.23. The van der Waals surface area contributed by atoms with Gasteiger partial charge in [0.05, 0.1) is 22.8 Å². The van der Waals surface area contributed by atoms with E-state index in [0.717, 1.165) is 5.52 Å². The van der Waals surface area contributed by atoms with Crippen molar-refractivity contribution in [3.05, 3.63) is 51.2 Å². The maximum absolute atomic E-state index is 12.6. The van der Waals surface area contributed by atoms with Crippen molar-refractivity contribution in [2.45, 2.75) is 26.0 Å². The van der Waals surface area contributed by atoms with Gasteiger partial charge in [-0.3, -0.25) is 13.9 Å². The van der Waals surface area contributed by atoms with E-state index in [-0.39, 0.29) is 22.1 Å². The van der Waals surface area contributed by atoms with Gasteiger partial charge in [0.1, 0.15) is 22.5 Å². The summed E-state index contributed by atoms with van der Waals surface area (Å²) >= 11 is 6.09. The van der Waals surface area contributed by atoms with Gasteiger partial charge in [0.25, 0.3) is 5.91 Å². The molecule has 10 heteroatoms. The van der Waals surface area contributed by atoms with E-state index in [2.05, 4.69) is 15.6 Å². The third kappa shape index (κ3) is 4.01. The molecule has 3 rings (SSSR count). The SMILES string of the molecule is CNC(=O)c1cc(Nc2ccc3c(c2)n(CCC(C)O)c(=O)n3C)c(C#N)c(Cl)n1. The Balaban J connectivity index is 2.07. The highest BCUT2D eigenvalue weighted by molar-refractivity contribution is 6.31. The number of hydrogen-bond acceptors (Lipinski definition) is 6. The number of nitrogens with one attached hydrogen (secondary N) is 2. The van der Waals surface area contributed by atoms with Gasteiger partial charge in [-0.25, -0.2) is 9.78 Å². The molecule has 3 N–H and O–H groups in total. The molecule has 1 aromatic carbocycles. The highest BCUT2D eigenvalue weighted by atomic mass is 35.5. The first kappa shape index (κ1) is 21.4. The van der Waals surface area contributed by atoms with Crippen LogP contribution in [0.3, 0.4) is 0 Å². The minimum Gasteiger partial charge on any atom is -0.393 e. The highest BCUT2D eigenvalue weighted by Crippen LogP contribution is 2.28. The smallest absolute Gasteiger partial charge is 0.328 e. The lowest BCUT2D eigenvalue weighted by molar-refractivity contribution is 0.0958. The van der Waals surface area contributed by atoms with Crippen molar-refractivity contribution >= 4 is 39.9 Å². The van der Waals surface area contributed by atoms with Crippen LogP contribution in [-0.2, 0) is 13.6 Å². The number of aryl methyl sites for hydroxylation is 2. The van der Waals surface area contributed by atoms with Crippen molar-refractivity contribution in [1.29, 1.82) is 5.26 Å². The van der Waals surface area contributed by atoms with Crippen LogP contribution in [0.1, 0.15) is 29.4 Å². The lowest BCUT2D eigenvalue weighted by Crippen LogP contribution is -2.23. The summed E-state index contributed by atoms with van der Waals surface area (Å²) in [5.41, 5.74) is 2.32. The van der Waals surface area contributed by atoms with Gasteiger partial charge >= 0.3 is 5.69 Å². The molecular formula is C20H21ClN6O3. The molecule has 0 saturated heterocycles. The number of halogens is 1. The predicted molar refractivity (Wildman–Crippen MR) is 114 cm³/mol.